The maximum absolute atomic E-state index is 11.3. The SMILES string of the molecule is Cc1nc2cc(Br)cc(S(=O)(=O)Cl)c2o1. The molecule has 0 N–H and O–H groups in total. The molecule has 80 valence electrons. The number of hydrogen-bond donors (Lipinski definition) is 0. The van der Waals surface area contributed by atoms with Crippen LogP contribution in [0.15, 0.2) is 25.9 Å². The van der Waals surface area contributed by atoms with Crippen molar-refractivity contribution in [3.05, 3.63) is 22.5 Å². The van der Waals surface area contributed by atoms with Crippen LogP contribution in [0.25, 0.3) is 11.1 Å². The molecule has 2 rings (SSSR count). The number of aryl methyl sites for hydroxylation is 1. The van der Waals surface area contributed by atoms with E-state index in [0.29, 0.717) is 15.9 Å². The zero-order valence-electron chi connectivity index (χ0n) is 7.49. The maximum Gasteiger partial charge on any atom is 0.265 e. The van der Waals surface area contributed by atoms with Gasteiger partial charge >= 0.3 is 0 Å². The van der Waals surface area contributed by atoms with Crippen LogP contribution in [0, 0.1) is 6.92 Å². The van der Waals surface area contributed by atoms with Gasteiger partial charge in [-0.1, -0.05) is 15.9 Å². The monoisotopic (exact) mass is 309 g/mol. The Morgan fingerprint density at radius 2 is 2.13 bits per heavy atom. The van der Waals surface area contributed by atoms with E-state index >= 15 is 0 Å². The van der Waals surface area contributed by atoms with Crippen LogP contribution in [-0.2, 0) is 9.05 Å². The van der Waals surface area contributed by atoms with E-state index in [1.54, 1.807) is 13.0 Å². The molecule has 4 nitrogen and oxygen atoms in total. The number of oxazole rings is 1. The Labute approximate surface area is 98.8 Å². The maximum atomic E-state index is 11.3. The Kier molecular flexibility index (Phi) is 2.52. The Balaban J connectivity index is 2.94. The van der Waals surface area contributed by atoms with Gasteiger partial charge in [-0.15, -0.1) is 0 Å². The van der Waals surface area contributed by atoms with Gasteiger partial charge in [0.15, 0.2) is 11.5 Å². The highest BCUT2D eigenvalue weighted by atomic mass is 79.9. The van der Waals surface area contributed by atoms with E-state index in [1.807, 2.05) is 0 Å². The molecule has 0 atom stereocenters. The van der Waals surface area contributed by atoms with Crippen molar-refractivity contribution < 1.29 is 12.8 Å². The third-order valence-electron chi connectivity index (χ3n) is 1.79. The molecule has 1 aromatic heterocycles. The molecule has 0 fully saturated rings. The second-order valence-corrected chi connectivity index (χ2v) is 6.37. The Morgan fingerprint density at radius 1 is 1.47 bits per heavy atom. The Morgan fingerprint density at radius 3 is 2.73 bits per heavy atom. The Hall–Kier alpha value is -0.590. The second kappa shape index (κ2) is 3.47. The fourth-order valence-corrected chi connectivity index (χ4v) is 2.84. The summed E-state index contributed by atoms with van der Waals surface area (Å²) in [5.74, 6) is 0.393. The summed E-state index contributed by atoms with van der Waals surface area (Å²) in [7, 11) is 1.45. The van der Waals surface area contributed by atoms with Gasteiger partial charge in [-0.3, -0.25) is 0 Å². The minimum Gasteiger partial charge on any atom is -0.440 e. The van der Waals surface area contributed by atoms with E-state index < -0.39 is 9.05 Å². The van der Waals surface area contributed by atoms with Gasteiger partial charge in [-0.05, 0) is 12.1 Å². The van der Waals surface area contributed by atoms with Gasteiger partial charge < -0.3 is 4.42 Å². The largest absolute Gasteiger partial charge is 0.440 e. The van der Waals surface area contributed by atoms with Crippen molar-refractivity contribution >= 4 is 46.8 Å². The standard InChI is InChI=1S/C8H5BrClNO3S/c1-4-11-6-2-5(9)3-7(8(6)14-4)15(10,12)13/h2-3H,1H3. The highest BCUT2D eigenvalue weighted by molar-refractivity contribution is 9.10. The quantitative estimate of drug-likeness (QED) is 0.760. The first-order chi connectivity index (χ1) is 6.88. The zero-order chi connectivity index (χ0) is 11.2. The highest BCUT2D eigenvalue weighted by Crippen LogP contribution is 2.30. The van der Waals surface area contributed by atoms with Crippen LogP contribution in [0.2, 0.25) is 0 Å². The number of rotatable bonds is 1. The molecule has 0 unspecified atom stereocenters. The molecule has 0 aliphatic carbocycles. The lowest BCUT2D eigenvalue weighted by atomic mass is 10.3. The fraction of sp³-hybridized carbons (Fsp3) is 0.125. The molecule has 0 aliphatic rings. The fourth-order valence-electron chi connectivity index (χ4n) is 1.26. The molecule has 1 aromatic carbocycles. The molecule has 0 radical (unpaired) electrons. The minimum absolute atomic E-state index is 0.0749. The van der Waals surface area contributed by atoms with Gasteiger partial charge in [0.2, 0.25) is 0 Å². The number of benzene rings is 1. The van der Waals surface area contributed by atoms with Crippen molar-refractivity contribution in [3.63, 3.8) is 0 Å². The molecule has 0 spiro atoms. The van der Waals surface area contributed by atoms with Crippen LogP contribution in [0.1, 0.15) is 5.89 Å². The van der Waals surface area contributed by atoms with E-state index in [4.69, 9.17) is 15.1 Å². The number of hydrogen-bond acceptors (Lipinski definition) is 4. The van der Waals surface area contributed by atoms with Gasteiger partial charge in [0.25, 0.3) is 9.05 Å². The number of nitrogens with zero attached hydrogens (tertiary/aromatic N) is 1. The minimum atomic E-state index is -3.83. The molecule has 0 bridgehead atoms. The van der Waals surface area contributed by atoms with E-state index in [-0.39, 0.29) is 10.5 Å². The first kappa shape index (κ1) is 10.9. The summed E-state index contributed by atoms with van der Waals surface area (Å²) in [6.45, 7) is 1.64. The first-order valence-electron chi connectivity index (χ1n) is 3.89. The normalized spacial score (nSPS) is 12.2. The van der Waals surface area contributed by atoms with Crippen LogP contribution in [0.3, 0.4) is 0 Å². The molecule has 7 heteroatoms. The van der Waals surface area contributed by atoms with Gasteiger partial charge in [0.05, 0.1) is 0 Å². The van der Waals surface area contributed by atoms with Crippen LogP contribution in [0.4, 0.5) is 0 Å². The van der Waals surface area contributed by atoms with Crippen molar-refractivity contribution in [1.29, 1.82) is 0 Å². The number of fused-ring (bicyclic) bond motifs is 1. The summed E-state index contributed by atoms with van der Waals surface area (Å²) in [6, 6.07) is 3.05. The summed E-state index contributed by atoms with van der Waals surface area (Å²) in [5, 5.41) is 0. The molecule has 2 aromatic rings. The number of aromatic nitrogens is 1. The Bertz CT molecular complexity index is 635. The van der Waals surface area contributed by atoms with E-state index in [2.05, 4.69) is 20.9 Å². The van der Waals surface area contributed by atoms with Crippen LogP contribution in [-0.4, -0.2) is 13.4 Å². The average molecular weight is 311 g/mol. The molecule has 15 heavy (non-hydrogen) atoms. The van der Waals surface area contributed by atoms with Crippen LogP contribution < -0.4 is 0 Å². The summed E-state index contributed by atoms with van der Waals surface area (Å²) in [6.07, 6.45) is 0. The predicted molar refractivity (Wildman–Crippen MR) is 59.5 cm³/mol. The molecule has 0 amide bonds. The van der Waals surface area contributed by atoms with Crippen molar-refractivity contribution in [2.45, 2.75) is 11.8 Å². The van der Waals surface area contributed by atoms with Crippen molar-refractivity contribution in [3.8, 4) is 0 Å². The van der Waals surface area contributed by atoms with E-state index in [1.165, 1.54) is 6.07 Å². The van der Waals surface area contributed by atoms with Gasteiger partial charge in [0, 0.05) is 22.1 Å². The van der Waals surface area contributed by atoms with Crippen molar-refractivity contribution in [1.82, 2.24) is 4.98 Å². The van der Waals surface area contributed by atoms with Crippen molar-refractivity contribution in [2.75, 3.05) is 0 Å². The third-order valence-corrected chi connectivity index (χ3v) is 3.58. The topological polar surface area (TPSA) is 60.2 Å². The average Bonchev–Trinajstić information content (AvgIpc) is 2.41. The first-order valence-corrected chi connectivity index (χ1v) is 6.99. The van der Waals surface area contributed by atoms with Gasteiger partial charge in [-0.2, -0.15) is 0 Å². The summed E-state index contributed by atoms with van der Waals surface area (Å²) in [5.41, 5.74) is 0.645. The number of halogens is 2. The molecular formula is C8H5BrClNO3S. The summed E-state index contributed by atoms with van der Waals surface area (Å²) in [4.78, 5) is 3.95. The molecular weight excluding hydrogens is 306 g/mol. The second-order valence-electron chi connectivity index (χ2n) is 2.92. The van der Waals surface area contributed by atoms with Crippen LogP contribution >= 0.6 is 26.6 Å². The molecule has 0 saturated carbocycles. The van der Waals surface area contributed by atoms with Gasteiger partial charge in [-0.25, -0.2) is 13.4 Å². The summed E-state index contributed by atoms with van der Waals surface area (Å²) >= 11 is 3.18. The molecule has 0 aliphatic heterocycles. The lowest BCUT2D eigenvalue weighted by Gasteiger charge is -1.97. The zero-order valence-corrected chi connectivity index (χ0v) is 10.6. The van der Waals surface area contributed by atoms with E-state index in [9.17, 15) is 8.42 Å². The predicted octanol–water partition coefficient (Wildman–Crippen LogP) is 2.83. The highest BCUT2D eigenvalue weighted by Gasteiger charge is 2.19. The van der Waals surface area contributed by atoms with E-state index in [0.717, 1.165) is 0 Å². The smallest absolute Gasteiger partial charge is 0.265 e. The summed E-state index contributed by atoms with van der Waals surface area (Å²) < 4.78 is 28.3. The van der Waals surface area contributed by atoms with Gasteiger partial charge in [0.1, 0.15) is 10.4 Å². The van der Waals surface area contributed by atoms with Crippen molar-refractivity contribution in [2.24, 2.45) is 0 Å². The third kappa shape index (κ3) is 2.02. The van der Waals surface area contributed by atoms with Crippen LogP contribution in [0.5, 0.6) is 0 Å². The lowest BCUT2D eigenvalue weighted by Crippen LogP contribution is -1.91. The molecule has 0 saturated heterocycles. The lowest BCUT2D eigenvalue weighted by molar-refractivity contribution is 0.552. The molecule has 1 heterocycles.